The molecule has 0 saturated carbocycles. The normalized spacial score (nSPS) is 19.0. The van der Waals surface area contributed by atoms with E-state index in [1.807, 2.05) is 37.3 Å². The van der Waals surface area contributed by atoms with Gasteiger partial charge in [-0.3, -0.25) is 9.36 Å². The molecule has 3 heterocycles. The number of aromatic nitrogens is 3. The number of fused-ring (bicyclic) bond motifs is 2. The molecule has 1 aromatic carbocycles. The fourth-order valence-corrected chi connectivity index (χ4v) is 4.21. The average molecular weight is 396 g/mol. The van der Waals surface area contributed by atoms with Crippen LogP contribution >= 0.6 is 11.8 Å². The minimum absolute atomic E-state index is 0.0797. The van der Waals surface area contributed by atoms with Crippen LogP contribution in [0.2, 0.25) is 0 Å². The Balaban J connectivity index is 1.93. The van der Waals surface area contributed by atoms with Crippen molar-refractivity contribution < 1.29 is 4.74 Å². The number of nitrogens with zero attached hydrogens (tertiary/aromatic N) is 3. The summed E-state index contributed by atoms with van der Waals surface area (Å²) in [5.74, 6) is 0.830. The van der Waals surface area contributed by atoms with Crippen molar-refractivity contribution in [1.82, 2.24) is 14.5 Å². The Kier molecular flexibility index (Phi) is 5.02. The summed E-state index contributed by atoms with van der Waals surface area (Å²) >= 11 is 1.56. The van der Waals surface area contributed by atoms with Gasteiger partial charge in [0.15, 0.2) is 10.8 Å². The van der Waals surface area contributed by atoms with Gasteiger partial charge in [-0.25, -0.2) is 9.97 Å². The summed E-state index contributed by atoms with van der Waals surface area (Å²) in [6.45, 7) is 8.82. The highest BCUT2D eigenvalue weighted by Crippen LogP contribution is 2.31. The Morgan fingerprint density at radius 3 is 2.64 bits per heavy atom. The van der Waals surface area contributed by atoms with Crippen molar-refractivity contribution in [2.45, 2.75) is 57.9 Å². The number of thioether (sulfide) groups is 1. The van der Waals surface area contributed by atoms with Gasteiger partial charge in [0, 0.05) is 12.0 Å². The van der Waals surface area contributed by atoms with E-state index in [9.17, 15) is 4.79 Å². The summed E-state index contributed by atoms with van der Waals surface area (Å²) in [7, 11) is 0. The van der Waals surface area contributed by atoms with Crippen LogP contribution in [0.25, 0.3) is 16.7 Å². The SMILES string of the molecule is CCSc1nc2nc3c(cc2c(=O)n1-c1ccc(C)cc1)CO[C@@](C)(CC)C3. The molecule has 146 valence electrons. The molecule has 5 nitrogen and oxygen atoms in total. The van der Waals surface area contributed by atoms with E-state index >= 15 is 0 Å². The van der Waals surface area contributed by atoms with Crippen molar-refractivity contribution in [1.29, 1.82) is 0 Å². The molecule has 2 aromatic heterocycles. The van der Waals surface area contributed by atoms with Crippen LogP contribution in [0.1, 0.15) is 44.0 Å². The first kappa shape index (κ1) is 19.2. The van der Waals surface area contributed by atoms with E-state index in [-0.39, 0.29) is 11.2 Å². The second-order valence-electron chi connectivity index (χ2n) is 7.54. The molecule has 28 heavy (non-hydrogen) atoms. The van der Waals surface area contributed by atoms with Crippen molar-refractivity contribution in [3.63, 3.8) is 0 Å². The molecule has 0 saturated heterocycles. The minimum Gasteiger partial charge on any atom is -0.370 e. The lowest BCUT2D eigenvalue weighted by atomic mass is 9.91. The van der Waals surface area contributed by atoms with Gasteiger partial charge in [0.05, 0.1) is 29.0 Å². The van der Waals surface area contributed by atoms with Gasteiger partial charge in [-0.1, -0.05) is 43.3 Å². The highest BCUT2D eigenvalue weighted by atomic mass is 32.2. The number of rotatable bonds is 4. The van der Waals surface area contributed by atoms with Crippen LogP contribution in [0.4, 0.5) is 0 Å². The Morgan fingerprint density at radius 2 is 1.96 bits per heavy atom. The predicted molar refractivity (Wildman–Crippen MR) is 113 cm³/mol. The quantitative estimate of drug-likeness (QED) is 0.483. The third kappa shape index (κ3) is 3.35. The maximum absolute atomic E-state index is 13.4. The monoisotopic (exact) mass is 395 g/mol. The van der Waals surface area contributed by atoms with Crippen molar-refractivity contribution in [2.24, 2.45) is 0 Å². The van der Waals surface area contributed by atoms with E-state index in [0.29, 0.717) is 22.8 Å². The molecule has 0 aliphatic carbocycles. The van der Waals surface area contributed by atoms with E-state index in [0.717, 1.165) is 41.1 Å². The highest BCUT2D eigenvalue weighted by Gasteiger charge is 2.31. The van der Waals surface area contributed by atoms with Crippen LogP contribution in [-0.4, -0.2) is 25.9 Å². The Morgan fingerprint density at radius 1 is 1.21 bits per heavy atom. The lowest BCUT2D eigenvalue weighted by molar-refractivity contribution is -0.0573. The summed E-state index contributed by atoms with van der Waals surface area (Å²) in [6, 6.07) is 9.87. The molecule has 0 unspecified atom stereocenters. The van der Waals surface area contributed by atoms with Crippen LogP contribution in [0.5, 0.6) is 0 Å². The van der Waals surface area contributed by atoms with Gasteiger partial charge in [0.2, 0.25) is 0 Å². The van der Waals surface area contributed by atoms with E-state index in [2.05, 4.69) is 20.8 Å². The molecule has 4 rings (SSSR count). The lowest BCUT2D eigenvalue weighted by Crippen LogP contribution is -2.35. The summed E-state index contributed by atoms with van der Waals surface area (Å²) in [4.78, 5) is 23.0. The first-order valence-corrected chi connectivity index (χ1v) is 10.7. The smallest absolute Gasteiger partial charge is 0.268 e. The fraction of sp³-hybridized carbons (Fsp3) is 0.409. The largest absolute Gasteiger partial charge is 0.370 e. The second-order valence-corrected chi connectivity index (χ2v) is 8.77. The van der Waals surface area contributed by atoms with Crippen LogP contribution in [0.15, 0.2) is 40.3 Å². The molecule has 6 heteroatoms. The molecule has 1 atom stereocenters. The third-order valence-corrected chi connectivity index (χ3v) is 6.25. The van der Waals surface area contributed by atoms with Gasteiger partial charge >= 0.3 is 0 Å². The van der Waals surface area contributed by atoms with E-state index < -0.39 is 0 Å². The van der Waals surface area contributed by atoms with Crippen LogP contribution < -0.4 is 5.56 Å². The van der Waals surface area contributed by atoms with Crippen LogP contribution in [-0.2, 0) is 17.8 Å². The van der Waals surface area contributed by atoms with Crippen molar-refractivity contribution in [2.75, 3.05) is 5.75 Å². The van der Waals surface area contributed by atoms with Gasteiger partial charge in [-0.2, -0.15) is 0 Å². The second kappa shape index (κ2) is 7.33. The molecule has 0 bridgehead atoms. The molecule has 0 spiro atoms. The zero-order valence-electron chi connectivity index (χ0n) is 16.8. The van der Waals surface area contributed by atoms with E-state index in [1.165, 1.54) is 0 Å². The van der Waals surface area contributed by atoms with Gasteiger partial charge in [-0.15, -0.1) is 0 Å². The average Bonchev–Trinajstić information content (AvgIpc) is 2.68. The number of hydrogen-bond acceptors (Lipinski definition) is 5. The number of pyridine rings is 1. The van der Waals surface area contributed by atoms with Gasteiger partial charge in [0.1, 0.15) is 0 Å². The third-order valence-electron chi connectivity index (χ3n) is 5.43. The fourth-order valence-electron chi connectivity index (χ4n) is 3.48. The zero-order valence-corrected chi connectivity index (χ0v) is 17.6. The molecule has 1 aliphatic rings. The predicted octanol–water partition coefficient (Wildman–Crippen LogP) is 4.44. The first-order chi connectivity index (χ1) is 13.4. The Hall–Kier alpha value is -2.18. The molecule has 0 N–H and O–H groups in total. The molecular weight excluding hydrogens is 370 g/mol. The molecular formula is C22H25N3O2S. The maximum Gasteiger partial charge on any atom is 0.268 e. The van der Waals surface area contributed by atoms with E-state index in [4.69, 9.17) is 14.7 Å². The topological polar surface area (TPSA) is 57.0 Å². The number of benzene rings is 1. The molecule has 0 radical (unpaired) electrons. The van der Waals surface area contributed by atoms with Crippen LogP contribution in [0, 0.1) is 6.92 Å². The van der Waals surface area contributed by atoms with Gasteiger partial charge in [0.25, 0.3) is 5.56 Å². The summed E-state index contributed by atoms with van der Waals surface area (Å²) in [5, 5.41) is 1.23. The number of aryl methyl sites for hydroxylation is 1. The minimum atomic E-state index is -0.203. The van der Waals surface area contributed by atoms with Gasteiger partial charge in [-0.05, 0) is 44.2 Å². The van der Waals surface area contributed by atoms with Crippen LogP contribution in [0.3, 0.4) is 0 Å². The highest BCUT2D eigenvalue weighted by molar-refractivity contribution is 7.99. The Labute approximate surface area is 169 Å². The van der Waals surface area contributed by atoms with Crippen molar-refractivity contribution in [3.8, 4) is 5.69 Å². The zero-order chi connectivity index (χ0) is 19.9. The maximum atomic E-state index is 13.4. The number of hydrogen-bond donors (Lipinski definition) is 0. The van der Waals surface area contributed by atoms with Gasteiger partial charge < -0.3 is 4.74 Å². The molecule has 0 fully saturated rings. The number of ether oxygens (including phenoxy) is 1. The van der Waals surface area contributed by atoms with E-state index in [1.54, 1.807) is 16.3 Å². The Bertz CT molecular complexity index is 1090. The summed E-state index contributed by atoms with van der Waals surface area (Å²) < 4.78 is 7.75. The van der Waals surface area contributed by atoms with Crippen molar-refractivity contribution in [3.05, 3.63) is 57.5 Å². The van der Waals surface area contributed by atoms with Crippen molar-refractivity contribution >= 4 is 22.8 Å². The molecule has 3 aromatic rings. The lowest BCUT2D eigenvalue weighted by Gasteiger charge is -2.33. The standard InChI is InChI=1S/C22H25N3O2S/c1-5-22(4)12-18-15(13-27-22)11-17-19(23-18)24-21(28-6-2)25(20(17)26)16-9-7-14(3)8-10-16/h7-11H,5-6,12-13H2,1-4H3/t22-/m0/s1. The summed E-state index contributed by atoms with van der Waals surface area (Å²) in [6.07, 6.45) is 1.67. The molecule has 0 amide bonds. The summed E-state index contributed by atoms with van der Waals surface area (Å²) in [5.41, 5.74) is 4.22. The molecule has 1 aliphatic heterocycles. The first-order valence-electron chi connectivity index (χ1n) is 9.73.